The minimum absolute atomic E-state index is 0.249. The van der Waals surface area contributed by atoms with Gasteiger partial charge in [0.2, 0.25) is 0 Å². The molecule has 0 atom stereocenters. The number of anilines is 1. The van der Waals surface area contributed by atoms with E-state index in [1.54, 1.807) is 13.2 Å². The fourth-order valence-electron chi connectivity index (χ4n) is 2.07. The molecule has 0 radical (unpaired) electrons. The second-order valence-electron chi connectivity index (χ2n) is 4.75. The molecule has 2 nitrogen and oxygen atoms in total. The van der Waals surface area contributed by atoms with E-state index < -0.39 is 0 Å². The largest absolute Gasteiger partial charge is 0.496 e. The zero-order valence-corrected chi connectivity index (χ0v) is 13.3. The van der Waals surface area contributed by atoms with Crippen molar-refractivity contribution in [2.24, 2.45) is 0 Å². The van der Waals surface area contributed by atoms with Gasteiger partial charge in [0.15, 0.2) is 0 Å². The van der Waals surface area contributed by atoms with Crippen molar-refractivity contribution in [3.8, 4) is 5.75 Å². The number of hydrogen-bond donors (Lipinski definition) is 1. The molecular formula is C16H17BrFNO. The lowest BCUT2D eigenvalue weighted by Gasteiger charge is -2.13. The average Bonchev–Trinajstić information content (AvgIpc) is 2.41. The molecule has 0 unspecified atom stereocenters. The topological polar surface area (TPSA) is 21.3 Å². The van der Waals surface area contributed by atoms with E-state index in [4.69, 9.17) is 4.74 Å². The minimum Gasteiger partial charge on any atom is -0.496 e. The van der Waals surface area contributed by atoms with Crippen LogP contribution in [0.15, 0.2) is 34.8 Å². The van der Waals surface area contributed by atoms with Crippen molar-refractivity contribution in [1.29, 1.82) is 0 Å². The Hall–Kier alpha value is -1.55. The molecule has 4 heteroatoms. The summed E-state index contributed by atoms with van der Waals surface area (Å²) in [4.78, 5) is 0. The fraction of sp³-hybridized carbons (Fsp3) is 0.250. The Labute approximate surface area is 127 Å². The molecule has 20 heavy (non-hydrogen) atoms. The first kappa shape index (κ1) is 14.9. The number of ether oxygens (including phenoxy) is 1. The number of hydrogen-bond acceptors (Lipinski definition) is 2. The average molecular weight is 338 g/mol. The molecule has 106 valence electrons. The van der Waals surface area contributed by atoms with Gasteiger partial charge in [0.25, 0.3) is 0 Å². The molecule has 0 heterocycles. The van der Waals surface area contributed by atoms with Crippen molar-refractivity contribution in [2.75, 3.05) is 12.4 Å². The Morgan fingerprint density at radius 1 is 1.20 bits per heavy atom. The van der Waals surface area contributed by atoms with Gasteiger partial charge in [-0.15, -0.1) is 0 Å². The number of methoxy groups -OCH3 is 1. The molecule has 0 amide bonds. The van der Waals surface area contributed by atoms with Crippen LogP contribution in [0.5, 0.6) is 5.75 Å². The van der Waals surface area contributed by atoms with Crippen LogP contribution in [0.25, 0.3) is 0 Å². The van der Waals surface area contributed by atoms with Crippen molar-refractivity contribution >= 4 is 21.6 Å². The van der Waals surface area contributed by atoms with Crippen LogP contribution in [0, 0.1) is 19.7 Å². The molecule has 2 rings (SSSR count). The summed E-state index contributed by atoms with van der Waals surface area (Å²) >= 11 is 3.21. The lowest BCUT2D eigenvalue weighted by molar-refractivity contribution is 0.410. The third-order valence-corrected chi connectivity index (χ3v) is 3.78. The van der Waals surface area contributed by atoms with Gasteiger partial charge in [-0.3, -0.25) is 0 Å². The molecule has 2 aromatic carbocycles. The normalized spacial score (nSPS) is 10.4. The molecule has 0 fully saturated rings. The van der Waals surface area contributed by atoms with Gasteiger partial charge in [-0.1, -0.05) is 17.7 Å². The summed E-state index contributed by atoms with van der Waals surface area (Å²) in [6.45, 7) is 4.55. The monoisotopic (exact) mass is 337 g/mol. The summed E-state index contributed by atoms with van der Waals surface area (Å²) in [5.74, 6) is 0.600. The first-order valence-corrected chi connectivity index (χ1v) is 7.13. The van der Waals surface area contributed by atoms with Crippen LogP contribution in [0.3, 0.4) is 0 Å². The third kappa shape index (κ3) is 3.31. The molecule has 0 bridgehead atoms. The van der Waals surface area contributed by atoms with Crippen LogP contribution in [-0.2, 0) is 6.54 Å². The molecule has 0 saturated carbocycles. The van der Waals surface area contributed by atoms with Gasteiger partial charge in [0.1, 0.15) is 11.6 Å². The van der Waals surface area contributed by atoms with Gasteiger partial charge in [0, 0.05) is 17.8 Å². The maximum absolute atomic E-state index is 13.4. The van der Waals surface area contributed by atoms with Crippen LogP contribution in [0.1, 0.15) is 16.7 Å². The predicted molar refractivity (Wildman–Crippen MR) is 83.9 cm³/mol. The van der Waals surface area contributed by atoms with Gasteiger partial charge < -0.3 is 10.1 Å². The Balaban J connectivity index is 2.21. The molecule has 0 aliphatic carbocycles. The third-order valence-electron chi connectivity index (χ3n) is 3.17. The van der Waals surface area contributed by atoms with E-state index in [0.29, 0.717) is 11.0 Å². The van der Waals surface area contributed by atoms with Crippen molar-refractivity contribution in [1.82, 2.24) is 0 Å². The summed E-state index contributed by atoms with van der Waals surface area (Å²) in [5.41, 5.74) is 4.03. The summed E-state index contributed by atoms with van der Waals surface area (Å²) in [7, 11) is 1.66. The van der Waals surface area contributed by atoms with E-state index in [1.807, 2.05) is 26.0 Å². The van der Waals surface area contributed by atoms with E-state index in [2.05, 4.69) is 27.3 Å². The molecule has 0 aliphatic rings. The summed E-state index contributed by atoms with van der Waals surface area (Å²) in [6.07, 6.45) is 0. The van der Waals surface area contributed by atoms with Crippen molar-refractivity contribution in [3.05, 3.63) is 57.3 Å². The number of halogens is 2. The predicted octanol–water partition coefficient (Wildman–Crippen LogP) is 4.83. The van der Waals surface area contributed by atoms with E-state index in [-0.39, 0.29) is 5.82 Å². The van der Waals surface area contributed by atoms with E-state index in [0.717, 1.165) is 22.6 Å². The lowest BCUT2D eigenvalue weighted by atomic mass is 10.1. The molecule has 2 aromatic rings. The number of rotatable bonds is 4. The highest BCUT2D eigenvalue weighted by Crippen LogP contribution is 2.26. The summed E-state index contributed by atoms with van der Waals surface area (Å²) in [5, 5.41) is 3.32. The summed E-state index contributed by atoms with van der Waals surface area (Å²) in [6, 6.07) is 9.33. The zero-order chi connectivity index (χ0) is 14.7. The SMILES string of the molecule is COc1ccc(C)cc1CNc1cc(Br)c(F)cc1C. The lowest BCUT2D eigenvalue weighted by Crippen LogP contribution is -2.04. The Bertz CT molecular complexity index is 628. The standard InChI is InChI=1S/C16H17BrFNO/c1-10-4-5-16(20-3)12(6-10)9-19-15-8-13(17)14(18)7-11(15)2/h4-8,19H,9H2,1-3H3. The van der Waals surface area contributed by atoms with Crippen LogP contribution in [0.4, 0.5) is 10.1 Å². The van der Waals surface area contributed by atoms with E-state index >= 15 is 0 Å². The Morgan fingerprint density at radius 3 is 2.65 bits per heavy atom. The van der Waals surface area contributed by atoms with Crippen molar-refractivity contribution in [3.63, 3.8) is 0 Å². The maximum atomic E-state index is 13.4. The zero-order valence-electron chi connectivity index (χ0n) is 11.8. The van der Waals surface area contributed by atoms with Gasteiger partial charge in [-0.2, -0.15) is 0 Å². The Morgan fingerprint density at radius 2 is 1.95 bits per heavy atom. The highest BCUT2D eigenvalue weighted by Gasteiger charge is 2.07. The first-order valence-electron chi connectivity index (χ1n) is 6.34. The molecule has 0 aliphatic heterocycles. The van der Waals surface area contributed by atoms with Crippen LogP contribution >= 0.6 is 15.9 Å². The van der Waals surface area contributed by atoms with Crippen LogP contribution in [-0.4, -0.2) is 7.11 Å². The van der Waals surface area contributed by atoms with Gasteiger partial charge in [-0.05, 0) is 53.5 Å². The van der Waals surface area contributed by atoms with Crippen LogP contribution in [0.2, 0.25) is 0 Å². The molecule has 0 aromatic heterocycles. The highest BCUT2D eigenvalue weighted by molar-refractivity contribution is 9.10. The first-order chi connectivity index (χ1) is 9.51. The van der Waals surface area contributed by atoms with E-state index in [9.17, 15) is 4.39 Å². The molecule has 1 N–H and O–H groups in total. The summed E-state index contributed by atoms with van der Waals surface area (Å²) < 4.78 is 19.2. The highest BCUT2D eigenvalue weighted by atomic mass is 79.9. The fourth-order valence-corrected chi connectivity index (χ4v) is 2.42. The molecular weight excluding hydrogens is 321 g/mol. The van der Waals surface area contributed by atoms with Crippen molar-refractivity contribution < 1.29 is 9.13 Å². The number of benzene rings is 2. The second-order valence-corrected chi connectivity index (χ2v) is 5.60. The van der Waals surface area contributed by atoms with Crippen molar-refractivity contribution in [2.45, 2.75) is 20.4 Å². The smallest absolute Gasteiger partial charge is 0.137 e. The van der Waals surface area contributed by atoms with Gasteiger partial charge >= 0.3 is 0 Å². The number of nitrogens with one attached hydrogen (secondary N) is 1. The Kier molecular flexibility index (Phi) is 4.65. The maximum Gasteiger partial charge on any atom is 0.137 e. The second kappa shape index (κ2) is 6.27. The molecule has 0 saturated heterocycles. The van der Waals surface area contributed by atoms with Crippen LogP contribution < -0.4 is 10.1 Å². The van der Waals surface area contributed by atoms with Gasteiger partial charge in [-0.25, -0.2) is 4.39 Å². The quantitative estimate of drug-likeness (QED) is 0.862. The van der Waals surface area contributed by atoms with Gasteiger partial charge in [0.05, 0.1) is 11.6 Å². The van der Waals surface area contributed by atoms with E-state index in [1.165, 1.54) is 11.6 Å². The minimum atomic E-state index is -0.249. The number of aryl methyl sites for hydroxylation is 2. The molecule has 0 spiro atoms.